The van der Waals surface area contributed by atoms with Gasteiger partial charge < -0.3 is 8.85 Å². The van der Waals surface area contributed by atoms with Crippen molar-refractivity contribution in [3.63, 3.8) is 0 Å². The molecule has 0 aliphatic heterocycles. The fourth-order valence-electron chi connectivity index (χ4n) is 1.57. The van der Waals surface area contributed by atoms with Crippen LogP contribution in [0.2, 0.25) is 36.3 Å². The molecule has 127 valence electrons. The molecule has 0 aromatic heterocycles. The maximum Gasteiger partial charge on any atom is 0.250 e. The number of hydrogen-bond acceptors (Lipinski definition) is 2. The molecular weight excluding hydrogens is 304 g/mol. The van der Waals surface area contributed by atoms with E-state index in [9.17, 15) is 0 Å². The molecule has 4 heteroatoms. The minimum atomic E-state index is -1.85. The molecular formula is C18H35O2Si2. The molecule has 0 unspecified atom stereocenters. The summed E-state index contributed by atoms with van der Waals surface area (Å²) < 4.78 is 13.0. The van der Waals surface area contributed by atoms with Gasteiger partial charge in [0.1, 0.15) is 11.5 Å². The van der Waals surface area contributed by atoms with Crippen molar-refractivity contribution in [2.45, 2.75) is 84.2 Å². The van der Waals surface area contributed by atoms with Crippen molar-refractivity contribution in [2.24, 2.45) is 0 Å². The first kappa shape index (κ1) is 19.6. The second kappa shape index (κ2) is 6.19. The second-order valence-corrected chi connectivity index (χ2v) is 18.7. The average molecular weight is 340 g/mol. The Labute approximate surface area is 140 Å². The van der Waals surface area contributed by atoms with E-state index in [0.717, 1.165) is 17.9 Å². The lowest BCUT2D eigenvalue weighted by atomic mass is 10.1. The van der Waals surface area contributed by atoms with E-state index in [-0.39, 0.29) is 10.1 Å². The predicted octanol–water partition coefficient (Wildman–Crippen LogP) is 6.41. The van der Waals surface area contributed by atoms with Crippen LogP contribution in [0.5, 0.6) is 0 Å². The van der Waals surface area contributed by atoms with Gasteiger partial charge in [0, 0.05) is 0 Å². The number of hydrogen-bond donors (Lipinski definition) is 0. The standard InChI is InChI=1S/C18H35O2Si2/c1-17(2,3)21(7,8)19-15-13-11-12-14-16(15)20-22(9,10)18(4,5)6/h11,13-14H,12H2,1-10H3. The van der Waals surface area contributed by atoms with Crippen molar-refractivity contribution in [3.8, 4) is 0 Å². The first-order valence-electron chi connectivity index (χ1n) is 8.29. The molecule has 0 saturated heterocycles. The Morgan fingerprint density at radius 2 is 1.18 bits per heavy atom. The summed E-state index contributed by atoms with van der Waals surface area (Å²) in [5.41, 5.74) is 0. The Morgan fingerprint density at radius 1 is 0.773 bits per heavy atom. The van der Waals surface area contributed by atoms with Gasteiger partial charge in [-0.05, 0) is 61.3 Å². The molecule has 0 aromatic rings. The molecule has 1 radical (unpaired) electrons. The highest BCUT2D eigenvalue weighted by Gasteiger charge is 2.43. The summed E-state index contributed by atoms with van der Waals surface area (Å²) in [4.78, 5) is 0. The maximum absolute atomic E-state index is 6.52. The molecule has 0 saturated carbocycles. The third-order valence-electron chi connectivity index (χ3n) is 5.29. The van der Waals surface area contributed by atoms with Gasteiger partial charge in [0.2, 0.25) is 0 Å². The van der Waals surface area contributed by atoms with Crippen LogP contribution in [-0.2, 0) is 8.85 Å². The van der Waals surface area contributed by atoms with Crippen molar-refractivity contribution in [1.82, 2.24) is 0 Å². The molecule has 0 fully saturated rings. The van der Waals surface area contributed by atoms with Gasteiger partial charge in [-0.1, -0.05) is 41.5 Å². The molecule has 0 amide bonds. The Morgan fingerprint density at radius 3 is 1.59 bits per heavy atom. The van der Waals surface area contributed by atoms with Crippen LogP contribution >= 0.6 is 0 Å². The van der Waals surface area contributed by atoms with E-state index < -0.39 is 16.6 Å². The monoisotopic (exact) mass is 339 g/mol. The average Bonchev–Trinajstić information content (AvgIpc) is 2.28. The van der Waals surface area contributed by atoms with Gasteiger partial charge in [-0.3, -0.25) is 0 Å². The van der Waals surface area contributed by atoms with Crippen molar-refractivity contribution in [2.75, 3.05) is 0 Å². The van der Waals surface area contributed by atoms with Crippen LogP contribution in [0.4, 0.5) is 0 Å². The fraction of sp³-hybridized carbons (Fsp3) is 0.722. The van der Waals surface area contributed by atoms with Gasteiger partial charge in [-0.2, -0.15) is 0 Å². The highest BCUT2D eigenvalue weighted by Crippen LogP contribution is 2.42. The summed E-state index contributed by atoms with van der Waals surface area (Å²) in [6.07, 6.45) is 7.35. The summed E-state index contributed by atoms with van der Waals surface area (Å²) >= 11 is 0. The zero-order valence-electron chi connectivity index (χ0n) is 16.3. The highest BCUT2D eigenvalue weighted by atomic mass is 28.4. The SMILES string of the molecule is CC(C)(C)[Si](C)(C)OC1=C[CH]CC=C1O[Si](C)(C)C(C)(C)C. The molecule has 1 aliphatic rings. The Kier molecular flexibility index (Phi) is 5.51. The smallest absolute Gasteiger partial charge is 0.250 e. The molecule has 0 heterocycles. The van der Waals surface area contributed by atoms with E-state index in [1.165, 1.54) is 0 Å². The predicted molar refractivity (Wildman–Crippen MR) is 102 cm³/mol. The van der Waals surface area contributed by atoms with Gasteiger partial charge in [0.15, 0.2) is 0 Å². The molecule has 0 atom stereocenters. The quantitative estimate of drug-likeness (QED) is 0.551. The fourth-order valence-corrected chi connectivity index (χ4v) is 3.63. The van der Waals surface area contributed by atoms with Gasteiger partial charge in [0.25, 0.3) is 16.6 Å². The molecule has 0 aromatic carbocycles. The zero-order valence-corrected chi connectivity index (χ0v) is 18.3. The number of rotatable bonds is 4. The number of allylic oxidation sites excluding steroid dienone is 2. The van der Waals surface area contributed by atoms with E-state index in [1.54, 1.807) is 0 Å². The summed E-state index contributed by atoms with van der Waals surface area (Å²) in [5.74, 6) is 1.89. The minimum absolute atomic E-state index is 0.188. The van der Waals surface area contributed by atoms with E-state index in [2.05, 4.69) is 86.3 Å². The van der Waals surface area contributed by atoms with Crippen molar-refractivity contribution in [3.05, 3.63) is 30.1 Å². The second-order valence-electron chi connectivity index (χ2n) is 9.30. The van der Waals surface area contributed by atoms with Crippen LogP contribution in [0.15, 0.2) is 23.7 Å². The molecule has 0 bridgehead atoms. The largest absolute Gasteiger partial charge is 0.541 e. The zero-order chi connectivity index (χ0) is 17.4. The lowest BCUT2D eigenvalue weighted by Gasteiger charge is -2.41. The summed E-state index contributed by atoms with van der Waals surface area (Å²) in [5, 5.41) is 0.379. The minimum Gasteiger partial charge on any atom is -0.541 e. The van der Waals surface area contributed by atoms with Crippen LogP contribution in [0.3, 0.4) is 0 Å². The van der Waals surface area contributed by atoms with Crippen LogP contribution in [0, 0.1) is 6.42 Å². The van der Waals surface area contributed by atoms with Crippen molar-refractivity contribution < 1.29 is 8.85 Å². The Hall–Kier alpha value is -0.486. The first-order chi connectivity index (χ1) is 9.67. The molecule has 2 nitrogen and oxygen atoms in total. The van der Waals surface area contributed by atoms with E-state index in [4.69, 9.17) is 8.85 Å². The van der Waals surface area contributed by atoms with Gasteiger partial charge in [-0.25, -0.2) is 0 Å². The maximum atomic E-state index is 6.52. The third-order valence-corrected chi connectivity index (χ3v) is 14.0. The van der Waals surface area contributed by atoms with Gasteiger partial charge in [-0.15, -0.1) is 0 Å². The summed E-state index contributed by atoms with van der Waals surface area (Å²) in [6.45, 7) is 22.8. The van der Waals surface area contributed by atoms with Crippen LogP contribution in [-0.4, -0.2) is 16.6 Å². The first-order valence-corrected chi connectivity index (χ1v) is 14.1. The molecule has 1 rings (SSSR count). The normalized spacial score (nSPS) is 17.7. The van der Waals surface area contributed by atoms with Crippen LogP contribution in [0.25, 0.3) is 0 Å². The molecule has 0 N–H and O–H groups in total. The van der Waals surface area contributed by atoms with E-state index in [1.807, 2.05) is 0 Å². The third kappa shape index (κ3) is 4.51. The van der Waals surface area contributed by atoms with Crippen molar-refractivity contribution >= 4 is 16.6 Å². The lowest BCUT2D eigenvalue weighted by molar-refractivity contribution is 0.311. The Balaban J connectivity index is 2.97. The van der Waals surface area contributed by atoms with E-state index in [0.29, 0.717) is 0 Å². The van der Waals surface area contributed by atoms with Gasteiger partial charge >= 0.3 is 0 Å². The summed E-state index contributed by atoms with van der Waals surface area (Å²) in [7, 11) is -3.69. The molecule has 1 aliphatic carbocycles. The Bertz CT molecular complexity index is 416. The molecule has 22 heavy (non-hydrogen) atoms. The van der Waals surface area contributed by atoms with Crippen molar-refractivity contribution in [1.29, 1.82) is 0 Å². The topological polar surface area (TPSA) is 18.5 Å². The molecule has 0 spiro atoms. The summed E-state index contributed by atoms with van der Waals surface area (Å²) in [6, 6.07) is 0. The lowest BCUT2D eigenvalue weighted by Crippen LogP contribution is -2.43. The van der Waals surface area contributed by atoms with E-state index >= 15 is 0 Å². The highest BCUT2D eigenvalue weighted by molar-refractivity contribution is 6.75. The van der Waals surface area contributed by atoms with Crippen LogP contribution < -0.4 is 0 Å². The van der Waals surface area contributed by atoms with Crippen LogP contribution in [0.1, 0.15) is 48.0 Å². The van der Waals surface area contributed by atoms with Gasteiger partial charge in [0.05, 0.1) is 0 Å².